The minimum atomic E-state index is -1.05. The first-order valence-electron chi connectivity index (χ1n) is 12.7. The Labute approximate surface area is 211 Å². The molecule has 36 heavy (non-hydrogen) atoms. The molecule has 1 aliphatic carbocycles. The number of rotatable bonds is 7. The lowest BCUT2D eigenvalue weighted by molar-refractivity contribution is -0.133. The van der Waals surface area contributed by atoms with E-state index in [0.29, 0.717) is 36.7 Å². The number of nitrogens with zero attached hydrogens (tertiary/aromatic N) is 2. The number of hydrogen-bond acceptors (Lipinski definition) is 5. The fourth-order valence-corrected chi connectivity index (χ4v) is 5.68. The van der Waals surface area contributed by atoms with Crippen molar-refractivity contribution in [3.63, 3.8) is 0 Å². The zero-order chi connectivity index (χ0) is 25.4. The Kier molecular flexibility index (Phi) is 6.45. The molecule has 192 valence electrons. The lowest BCUT2D eigenvalue weighted by atomic mass is 9.86. The summed E-state index contributed by atoms with van der Waals surface area (Å²) in [5, 5.41) is 3.29. The summed E-state index contributed by atoms with van der Waals surface area (Å²) in [6.07, 6.45) is 6.29. The van der Waals surface area contributed by atoms with Gasteiger partial charge >= 0.3 is 0 Å². The third-order valence-corrected chi connectivity index (χ3v) is 7.98. The van der Waals surface area contributed by atoms with E-state index in [1.54, 1.807) is 31.4 Å². The molecule has 1 N–H and O–H groups in total. The summed E-state index contributed by atoms with van der Waals surface area (Å²) in [5.74, 6) is 1.85. The topological polar surface area (TPSA) is 85.9 Å². The van der Waals surface area contributed by atoms with Gasteiger partial charge in [-0.2, -0.15) is 0 Å². The molecule has 0 unspecified atom stereocenters. The molecule has 1 aromatic carbocycles. The lowest BCUT2D eigenvalue weighted by Crippen LogP contribution is -2.65. The highest BCUT2D eigenvalue weighted by Gasteiger charge is 2.48. The number of hydrogen-bond donors (Lipinski definition) is 1. The summed E-state index contributed by atoms with van der Waals surface area (Å²) < 4.78 is 18.4. The van der Waals surface area contributed by atoms with Crippen LogP contribution in [0.15, 0.2) is 41.0 Å². The van der Waals surface area contributed by atoms with Crippen LogP contribution >= 0.6 is 0 Å². The quantitative estimate of drug-likeness (QED) is 0.527. The van der Waals surface area contributed by atoms with Gasteiger partial charge in [-0.05, 0) is 68.7 Å². The Morgan fingerprint density at radius 3 is 2.64 bits per heavy atom. The van der Waals surface area contributed by atoms with Gasteiger partial charge in [-0.25, -0.2) is 0 Å². The number of furan rings is 1. The molecule has 0 bridgehead atoms. The molecule has 1 aliphatic heterocycles. The van der Waals surface area contributed by atoms with E-state index in [1.807, 2.05) is 35.8 Å². The van der Waals surface area contributed by atoms with Gasteiger partial charge in [-0.15, -0.1) is 0 Å². The maximum atomic E-state index is 13.9. The third-order valence-electron chi connectivity index (χ3n) is 7.98. The molecule has 0 radical (unpaired) electrons. The number of methoxy groups -OCH3 is 2. The standard InChI is InChI=1S/C28H35N3O5/c1-18-5-7-20(8-6-18)29-27(33)28(2)17-30-22-12-14-36-25(22)16-23(30)26(32)31(28)13-11-19-15-21(34-3)9-10-24(19)35-4/h9-10,12,14-16,18,20H,5-8,11,13,17H2,1-4H3,(H,29,33)/t18?,20?,28-/m1/s1. The number of amides is 2. The predicted octanol–water partition coefficient (Wildman–Crippen LogP) is 4.40. The highest BCUT2D eigenvalue weighted by atomic mass is 16.5. The van der Waals surface area contributed by atoms with Crippen molar-refractivity contribution in [1.82, 2.24) is 14.8 Å². The summed E-state index contributed by atoms with van der Waals surface area (Å²) in [5.41, 5.74) is 1.89. The van der Waals surface area contributed by atoms with Crippen LogP contribution in [0.5, 0.6) is 11.5 Å². The van der Waals surface area contributed by atoms with Crippen molar-refractivity contribution >= 4 is 22.9 Å². The van der Waals surface area contributed by atoms with Crippen LogP contribution in [0, 0.1) is 5.92 Å². The Hall–Kier alpha value is -3.42. The van der Waals surface area contributed by atoms with Gasteiger partial charge in [0, 0.05) is 24.7 Å². The highest BCUT2D eigenvalue weighted by molar-refractivity contribution is 6.03. The van der Waals surface area contributed by atoms with E-state index in [2.05, 4.69) is 12.2 Å². The molecular formula is C28H35N3O5. The number of ether oxygens (including phenoxy) is 2. The van der Waals surface area contributed by atoms with Gasteiger partial charge in [0.2, 0.25) is 5.91 Å². The monoisotopic (exact) mass is 493 g/mol. The summed E-state index contributed by atoms with van der Waals surface area (Å²) in [7, 11) is 3.25. The van der Waals surface area contributed by atoms with Gasteiger partial charge < -0.3 is 28.7 Å². The van der Waals surface area contributed by atoms with Crippen molar-refractivity contribution in [3.8, 4) is 11.5 Å². The summed E-state index contributed by atoms with van der Waals surface area (Å²) in [6.45, 7) is 4.86. The van der Waals surface area contributed by atoms with Crippen molar-refractivity contribution in [2.24, 2.45) is 5.92 Å². The van der Waals surface area contributed by atoms with E-state index in [-0.39, 0.29) is 17.9 Å². The van der Waals surface area contributed by atoms with Crippen molar-refractivity contribution in [2.45, 2.75) is 64.1 Å². The molecule has 0 spiro atoms. The first kappa shape index (κ1) is 24.3. The number of nitrogens with one attached hydrogen (secondary N) is 1. The van der Waals surface area contributed by atoms with Crippen molar-refractivity contribution < 1.29 is 23.5 Å². The van der Waals surface area contributed by atoms with Crippen LogP contribution in [0.25, 0.3) is 11.1 Å². The van der Waals surface area contributed by atoms with Gasteiger partial charge in [0.1, 0.15) is 22.7 Å². The molecule has 0 saturated heterocycles. The van der Waals surface area contributed by atoms with E-state index in [9.17, 15) is 9.59 Å². The Bertz CT molecular complexity index is 1270. The molecule has 5 rings (SSSR count). The van der Waals surface area contributed by atoms with Gasteiger partial charge in [-0.1, -0.05) is 6.92 Å². The summed E-state index contributed by atoms with van der Waals surface area (Å²) in [6, 6.07) is 9.39. The third kappa shape index (κ3) is 4.22. The zero-order valence-electron chi connectivity index (χ0n) is 21.5. The van der Waals surface area contributed by atoms with Crippen LogP contribution in [0.3, 0.4) is 0 Å². The van der Waals surface area contributed by atoms with E-state index >= 15 is 0 Å². The van der Waals surface area contributed by atoms with E-state index in [1.165, 1.54) is 0 Å². The number of aromatic nitrogens is 1. The smallest absolute Gasteiger partial charge is 0.271 e. The number of carbonyl (C=O) groups excluding carboxylic acids is 2. The van der Waals surface area contributed by atoms with Crippen LogP contribution in [-0.4, -0.2) is 53.6 Å². The van der Waals surface area contributed by atoms with Crippen molar-refractivity contribution in [3.05, 3.63) is 47.9 Å². The molecular weight excluding hydrogens is 458 g/mol. The second kappa shape index (κ2) is 9.56. The summed E-state index contributed by atoms with van der Waals surface area (Å²) in [4.78, 5) is 29.5. The van der Waals surface area contributed by atoms with Gasteiger partial charge in [-0.3, -0.25) is 9.59 Å². The first-order chi connectivity index (χ1) is 17.3. The van der Waals surface area contributed by atoms with E-state index < -0.39 is 5.54 Å². The Balaban J connectivity index is 1.46. The van der Waals surface area contributed by atoms with Crippen LogP contribution in [0.2, 0.25) is 0 Å². The first-order valence-corrected chi connectivity index (χ1v) is 12.7. The Morgan fingerprint density at radius 1 is 1.14 bits per heavy atom. The molecule has 2 aliphatic rings. The Morgan fingerprint density at radius 2 is 1.92 bits per heavy atom. The number of fused-ring (bicyclic) bond motifs is 3. The molecule has 2 amide bonds. The largest absolute Gasteiger partial charge is 0.497 e. The molecule has 1 saturated carbocycles. The minimum absolute atomic E-state index is 0.107. The lowest BCUT2D eigenvalue weighted by Gasteiger charge is -2.45. The average molecular weight is 494 g/mol. The molecule has 3 heterocycles. The summed E-state index contributed by atoms with van der Waals surface area (Å²) >= 11 is 0. The molecule has 8 heteroatoms. The molecule has 8 nitrogen and oxygen atoms in total. The minimum Gasteiger partial charge on any atom is -0.497 e. The average Bonchev–Trinajstić information content (AvgIpc) is 3.47. The fourth-order valence-electron chi connectivity index (χ4n) is 5.68. The van der Waals surface area contributed by atoms with E-state index in [4.69, 9.17) is 13.9 Å². The molecule has 1 fully saturated rings. The van der Waals surface area contributed by atoms with Crippen LogP contribution in [0.1, 0.15) is 55.6 Å². The molecule has 2 aromatic heterocycles. The molecule has 1 atom stereocenters. The van der Waals surface area contributed by atoms with E-state index in [0.717, 1.165) is 48.3 Å². The maximum absolute atomic E-state index is 13.9. The second-order valence-electron chi connectivity index (χ2n) is 10.4. The highest BCUT2D eigenvalue weighted by Crippen LogP contribution is 2.34. The van der Waals surface area contributed by atoms with Gasteiger partial charge in [0.25, 0.3) is 5.91 Å². The van der Waals surface area contributed by atoms with Crippen molar-refractivity contribution in [1.29, 1.82) is 0 Å². The van der Waals surface area contributed by atoms with Gasteiger partial charge in [0.05, 0.1) is 32.5 Å². The fraction of sp³-hybridized carbons (Fsp3) is 0.500. The zero-order valence-corrected chi connectivity index (χ0v) is 21.5. The van der Waals surface area contributed by atoms with Crippen LogP contribution in [0.4, 0.5) is 0 Å². The van der Waals surface area contributed by atoms with Crippen molar-refractivity contribution in [2.75, 3.05) is 20.8 Å². The second-order valence-corrected chi connectivity index (χ2v) is 10.4. The number of benzene rings is 1. The maximum Gasteiger partial charge on any atom is 0.271 e. The predicted molar refractivity (Wildman–Crippen MR) is 136 cm³/mol. The SMILES string of the molecule is COc1ccc(OC)c(CCN2C(=O)c3cc4occc4n3C[C@]2(C)C(=O)NC2CCC(C)CC2)c1. The van der Waals surface area contributed by atoms with Gasteiger partial charge in [0.15, 0.2) is 5.58 Å². The number of carbonyl (C=O) groups is 2. The van der Waals surface area contributed by atoms with Crippen LogP contribution in [-0.2, 0) is 17.8 Å². The van der Waals surface area contributed by atoms with Crippen LogP contribution < -0.4 is 14.8 Å². The molecule has 3 aromatic rings. The normalized spacial score (nSPS) is 24.0.